The molecular formula is C13H15N3OS2. The van der Waals surface area contributed by atoms with Crippen LogP contribution < -0.4 is 11.1 Å². The smallest absolute Gasteiger partial charge is 0.238 e. The predicted octanol–water partition coefficient (Wildman–Crippen LogP) is 2.94. The third-order valence-electron chi connectivity index (χ3n) is 3.27. The number of benzene rings is 1. The van der Waals surface area contributed by atoms with Crippen molar-refractivity contribution in [3.63, 3.8) is 0 Å². The Balaban J connectivity index is 2.25. The van der Waals surface area contributed by atoms with Gasteiger partial charge in [-0.05, 0) is 25.5 Å². The van der Waals surface area contributed by atoms with Crippen LogP contribution in [0.3, 0.4) is 0 Å². The Kier molecular flexibility index (Phi) is 3.82. The van der Waals surface area contributed by atoms with E-state index in [0.717, 1.165) is 10.2 Å². The number of anilines is 1. The van der Waals surface area contributed by atoms with Crippen molar-refractivity contribution in [2.75, 3.05) is 5.32 Å². The van der Waals surface area contributed by atoms with Crippen molar-refractivity contribution in [3.05, 3.63) is 24.3 Å². The van der Waals surface area contributed by atoms with Crippen molar-refractivity contribution in [1.29, 1.82) is 0 Å². The molecule has 0 spiro atoms. The van der Waals surface area contributed by atoms with E-state index >= 15 is 0 Å². The molecule has 0 radical (unpaired) electrons. The quantitative estimate of drug-likeness (QED) is 0.850. The lowest BCUT2D eigenvalue weighted by atomic mass is 9.86. The molecule has 0 saturated carbocycles. The van der Waals surface area contributed by atoms with Crippen molar-refractivity contribution in [3.8, 4) is 0 Å². The fourth-order valence-corrected chi connectivity index (χ4v) is 2.71. The SMILES string of the molecule is CCC(C)(C(=O)Nc1nc2ccccc2s1)C(N)=S. The topological polar surface area (TPSA) is 68.0 Å². The highest BCUT2D eigenvalue weighted by Gasteiger charge is 2.35. The largest absolute Gasteiger partial charge is 0.392 e. The molecule has 2 rings (SSSR count). The van der Waals surface area contributed by atoms with Gasteiger partial charge >= 0.3 is 0 Å². The zero-order valence-corrected chi connectivity index (χ0v) is 12.4. The van der Waals surface area contributed by atoms with E-state index in [1.807, 2.05) is 31.2 Å². The van der Waals surface area contributed by atoms with Gasteiger partial charge in [-0.25, -0.2) is 4.98 Å². The number of thiazole rings is 1. The first-order valence-corrected chi connectivity index (χ1v) is 7.17. The number of fused-ring (bicyclic) bond motifs is 1. The number of nitrogens with zero attached hydrogens (tertiary/aromatic N) is 1. The standard InChI is InChI=1S/C13H15N3OS2/c1-3-13(2,10(14)18)11(17)16-12-15-8-6-4-5-7-9(8)19-12/h4-7H,3H2,1-2H3,(H2,14,18)(H,15,16,17). The number of aromatic nitrogens is 1. The van der Waals surface area contributed by atoms with Gasteiger partial charge in [-0.2, -0.15) is 0 Å². The second kappa shape index (κ2) is 5.22. The molecule has 2 aromatic rings. The van der Waals surface area contributed by atoms with Crippen LogP contribution in [0.1, 0.15) is 20.3 Å². The number of rotatable bonds is 4. The van der Waals surface area contributed by atoms with E-state index in [4.69, 9.17) is 18.0 Å². The van der Waals surface area contributed by atoms with E-state index < -0.39 is 5.41 Å². The van der Waals surface area contributed by atoms with Gasteiger partial charge in [0.15, 0.2) is 5.13 Å². The number of amides is 1. The number of hydrogen-bond acceptors (Lipinski definition) is 4. The average molecular weight is 293 g/mol. The van der Waals surface area contributed by atoms with E-state index in [1.165, 1.54) is 11.3 Å². The Bertz CT molecular complexity index is 605. The number of nitrogens with two attached hydrogens (primary N) is 1. The average Bonchev–Trinajstić information content (AvgIpc) is 2.79. The van der Waals surface area contributed by atoms with Crippen molar-refractivity contribution in [2.45, 2.75) is 20.3 Å². The Labute approximate surface area is 121 Å². The highest BCUT2D eigenvalue weighted by atomic mass is 32.1. The van der Waals surface area contributed by atoms with E-state index in [1.54, 1.807) is 6.92 Å². The second-order valence-electron chi connectivity index (χ2n) is 4.49. The van der Waals surface area contributed by atoms with Crippen molar-refractivity contribution < 1.29 is 4.79 Å². The highest BCUT2D eigenvalue weighted by Crippen LogP contribution is 2.28. The van der Waals surface area contributed by atoms with Gasteiger partial charge < -0.3 is 11.1 Å². The Morgan fingerprint density at radius 2 is 2.21 bits per heavy atom. The monoisotopic (exact) mass is 293 g/mol. The third-order valence-corrected chi connectivity index (χ3v) is 4.67. The van der Waals surface area contributed by atoms with Crippen LogP contribution in [-0.4, -0.2) is 15.9 Å². The summed E-state index contributed by atoms with van der Waals surface area (Å²) in [7, 11) is 0. The number of para-hydroxylation sites is 1. The molecule has 1 aromatic heterocycles. The summed E-state index contributed by atoms with van der Waals surface area (Å²) in [5.74, 6) is -0.207. The molecule has 0 saturated heterocycles. The maximum atomic E-state index is 12.3. The summed E-state index contributed by atoms with van der Waals surface area (Å²) in [6.45, 7) is 3.63. The molecule has 0 aliphatic rings. The predicted molar refractivity (Wildman–Crippen MR) is 83.4 cm³/mol. The summed E-state index contributed by atoms with van der Waals surface area (Å²) in [4.78, 5) is 16.8. The van der Waals surface area contributed by atoms with Crippen LogP contribution in [0.15, 0.2) is 24.3 Å². The van der Waals surface area contributed by atoms with Gasteiger partial charge in [-0.15, -0.1) is 0 Å². The molecule has 100 valence electrons. The van der Waals surface area contributed by atoms with E-state index in [0.29, 0.717) is 11.6 Å². The highest BCUT2D eigenvalue weighted by molar-refractivity contribution is 7.80. The number of hydrogen-bond donors (Lipinski definition) is 2. The van der Waals surface area contributed by atoms with Crippen LogP contribution in [0.5, 0.6) is 0 Å². The minimum atomic E-state index is -0.840. The van der Waals surface area contributed by atoms with Gasteiger partial charge in [0.25, 0.3) is 0 Å². The molecule has 1 heterocycles. The Morgan fingerprint density at radius 3 is 2.79 bits per heavy atom. The molecule has 1 amide bonds. The number of carbonyl (C=O) groups excluding carboxylic acids is 1. The van der Waals surface area contributed by atoms with Gasteiger partial charge in [-0.3, -0.25) is 4.79 Å². The first kappa shape index (κ1) is 13.9. The van der Waals surface area contributed by atoms with Gasteiger partial charge in [0, 0.05) is 0 Å². The molecule has 0 fully saturated rings. The summed E-state index contributed by atoms with van der Waals surface area (Å²) in [6.07, 6.45) is 0.555. The molecule has 4 nitrogen and oxygen atoms in total. The summed E-state index contributed by atoms with van der Waals surface area (Å²) < 4.78 is 1.03. The van der Waals surface area contributed by atoms with Crippen LogP contribution in [0.25, 0.3) is 10.2 Å². The molecule has 19 heavy (non-hydrogen) atoms. The minimum absolute atomic E-state index is 0.202. The normalized spacial score (nSPS) is 14.0. The van der Waals surface area contributed by atoms with Gasteiger partial charge in [0.05, 0.1) is 20.6 Å². The fourth-order valence-electron chi connectivity index (χ4n) is 1.61. The van der Waals surface area contributed by atoms with Crippen molar-refractivity contribution in [1.82, 2.24) is 4.98 Å². The fraction of sp³-hybridized carbons (Fsp3) is 0.308. The zero-order valence-electron chi connectivity index (χ0n) is 10.8. The Hall–Kier alpha value is -1.53. The molecule has 1 unspecified atom stereocenters. The number of carbonyl (C=O) groups is 1. The summed E-state index contributed by atoms with van der Waals surface area (Å²) in [6, 6.07) is 7.74. The van der Waals surface area contributed by atoms with E-state index in [9.17, 15) is 4.79 Å². The molecular weight excluding hydrogens is 278 g/mol. The van der Waals surface area contributed by atoms with Gasteiger partial charge in [0.2, 0.25) is 5.91 Å². The molecule has 1 aromatic carbocycles. The number of thiocarbonyl (C=S) groups is 1. The number of nitrogens with one attached hydrogen (secondary N) is 1. The summed E-state index contributed by atoms with van der Waals surface area (Å²) >= 11 is 6.42. The molecule has 0 aliphatic heterocycles. The Morgan fingerprint density at radius 1 is 1.53 bits per heavy atom. The second-order valence-corrected chi connectivity index (χ2v) is 5.96. The summed E-state index contributed by atoms with van der Waals surface area (Å²) in [5, 5.41) is 3.38. The van der Waals surface area contributed by atoms with Crippen LogP contribution >= 0.6 is 23.6 Å². The maximum absolute atomic E-state index is 12.3. The lowest BCUT2D eigenvalue weighted by molar-refractivity contribution is -0.121. The van der Waals surface area contributed by atoms with E-state index in [-0.39, 0.29) is 10.9 Å². The van der Waals surface area contributed by atoms with Crippen LogP contribution in [-0.2, 0) is 4.79 Å². The van der Waals surface area contributed by atoms with Gasteiger partial charge in [-0.1, -0.05) is 42.6 Å². The van der Waals surface area contributed by atoms with Crippen LogP contribution in [0.2, 0.25) is 0 Å². The molecule has 0 bridgehead atoms. The first-order valence-electron chi connectivity index (χ1n) is 5.94. The molecule has 6 heteroatoms. The molecule has 0 aliphatic carbocycles. The minimum Gasteiger partial charge on any atom is -0.392 e. The first-order chi connectivity index (χ1) is 8.97. The van der Waals surface area contributed by atoms with Gasteiger partial charge in [0.1, 0.15) is 0 Å². The van der Waals surface area contributed by atoms with Crippen LogP contribution in [0, 0.1) is 5.41 Å². The third kappa shape index (κ3) is 2.59. The van der Waals surface area contributed by atoms with Crippen molar-refractivity contribution >= 4 is 49.8 Å². The summed E-state index contributed by atoms with van der Waals surface area (Å²) in [5.41, 5.74) is 5.70. The van der Waals surface area contributed by atoms with E-state index in [2.05, 4.69) is 10.3 Å². The maximum Gasteiger partial charge on any atom is 0.238 e. The molecule has 3 N–H and O–H groups in total. The lowest BCUT2D eigenvalue weighted by Gasteiger charge is -2.24. The lowest BCUT2D eigenvalue weighted by Crippen LogP contribution is -2.43. The zero-order chi connectivity index (χ0) is 14.0. The van der Waals surface area contributed by atoms with Crippen molar-refractivity contribution in [2.24, 2.45) is 11.1 Å². The molecule has 1 atom stereocenters. The van der Waals surface area contributed by atoms with Crippen LogP contribution in [0.4, 0.5) is 5.13 Å².